The fourth-order valence-corrected chi connectivity index (χ4v) is 2.62. The van der Waals surface area contributed by atoms with Crippen LogP contribution in [0.15, 0.2) is 12.3 Å². The summed E-state index contributed by atoms with van der Waals surface area (Å²) < 4.78 is 2.62. The first kappa shape index (κ1) is 11.4. The maximum atomic E-state index is 11.2. The highest BCUT2D eigenvalue weighted by Crippen LogP contribution is 2.16. The molecule has 1 aliphatic heterocycles. The van der Waals surface area contributed by atoms with Crippen molar-refractivity contribution < 1.29 is 4.79 Å². The van der Waals surface area contributed by atoms with Gasteiger partial charge in [-0.2, -0.15) is 0 Å². The van der Waals surface area contributed by atoms with Crippen molar-refractivity contribution in [2.45, 2.75) is 32.4 Å². The number of imidazole rings is 1. The predicted octanol–water partition coefficient (Wildman–Crippen LogP) is 1.68. The number of carbonyl (C=O) groups excluding carboxylic acids is 1. The first-order valence-corrected chi connectivity index (χ1v) is 6.39. The molecular weight excluding hydrogens is 248 g/mol. The Morgan fingerprint density at radius 3 is 3.17 bits per heavy atom. The molecule has 0 radical (unpaired) electrons. The van der Waals surface area contributed by atoms with Crippen LogP contribution in [0.5, 0.6) is 0 Å². The Labute approximate surface area is 109 Å². The van der Waals surface area contributed by atoms with E-state index < -0.39 is 0 Å². The van der Waals surface area contributed by atoms with Crippen LogP contribution in [0.2, 0.25) is 0 Å². The SMILES string of the molecule is Cc1cnc2c(c1)[nH]c(=S)n2CC1CCC(=O)N1. The van der Waals surface area contributed by atoms with E-state index in [0.717, 1.165) is 23.1 Å². The van der Waals surface area contributed by atoms with E-state index in [1.807, 2.05) is 23.8 Å². The number of carbonyl (C=O) groups is 1. The van der Waals surface area contributed by atoms with Crippen molar-refractivity contribution in [1.29, 1.82) is 0 Å². The zero-order chi connectivity index (χ0) is 12.7. The third-order valence-electron chi connectivity index (χ3n) is 3.23. The number of nitrogens with zero attached hydrogens (tertiary/aromatic N) is 2. The maximum absolute atomic E-state index is 11.2. The second-order valence-electron chi connectivity index (χ2n) is 4.73. The molecule has 94 valence electrons. The number of aromatic amines is 1. The van der Waals surface area contributed by atoms with Crippen molar-refractivity contribution in [3.63, 3.8) is 0 Å². The number of nitrogens with one attached hydrogen (secondary N) is 2. The molecule has 2 aromatic rings. The third kappa shape index (κ3) is 1.92. The van der Waals surface area contributed by atoms with Gasteiger partial charge in [-0.1, -0.05) is 0 Å². The molecule has 5 nitrogen and oxygen atoms in total. The van der Waals surface area contributed by atoms with Crippen LogP contribution in [-0.2, 0) is 11.3 Å². The van der Waals surface area contributed by atoms with Crippen LogP contribution in [0, 0.1) is 11.7 Å². The first-order valence-electron chi connectivity index (χ1n) is 5.98. The van der Waals surface area contributed by atoms with Gasteiger partial charge in [0.1, 0.15) is 0 Å². The molecule has 0 bridgehead atoms. The number of H-pyrrole nitrogens is 1. The summed E-state index contributed by atoms with van der Waals surface area (Å²) in [6.45, 7) is 2.68. The Morgan fingerprint density at radius 1 is 1.61 bits per heavy atom. The standard InChI is InChI=1S/C12H14N4OS/c1-7-4-9-11(13-5-7)16(12(18)15-9)6-8-2-3-10(17)14-8/h4-5,8H,2-3,6H2,1H3,(H,14,17)(H,15,18). The van der Waals surface area contributed by atoms with Gasteiger partial charge >= 0.3 is 0 Å². The normalized spacial score (nSPS) is 19.4. The van der Waals surface area contributed by atoms with Gasteiger partial charge in [0.15, 0.2) is 10.4 Å². The van der Waals surface area contributed by atoms with Crippen molar-refractivity contribution in [2.24, 2.45) is 0 Å². The highest BCUT2D eigenvalue weighted by atomic mass is 32.1. The number of hydrogen-bond donors (Lipinski definition) is 2. The molecule has 6 heteroatoms. The lowest BCUT2D eigenvalue weighted by atomic mass is 10.2. The fourth-order valence-electron chi connectivity index (χ4n) is 2.35. The third-order valence-corrected chi connectivity index (χ3v) is 3.56. The van der Waals surface area contributed by atoms with Crippen molar-refractivity contribution in [3.8, 4) is 0 Å². The minimum Gasteiger partial charge on any atom is -0.352 e. The molecule has 1 unspecified atom stereocenters. The van der Waals surface area contributed by atoms with Crippen molar-refractivity contribution in [3.05, 3.63) is 22.6 Å². The molecule has 1 atom stereocenters. The lowest BCUT2D eigenvalue weighted by molar-refractivity contribution is -0.119. The van der Waals surface area contributed by atoms with Crippen LogP contribution >= 0.6 is 12.2 Å². The average molecular weight is 262 g/mol. The number of fused-ring (bicyclic) bond motifs is 1. The first-order chi connectivity index (χ1) is 8.63. The molecule has 1 amide bonds. The molecule has 2 N–H and O–H groups in total. The molecule has 1 aliphatic rings. The molecule has 1 fully saturated rings. The Bertz CT molecular complexity index is 672. The van der Waals surface area contributed by atoms with Gasteiger partial charge in [-0.25, -0.2) is 4.98 Å². The minimum absolute atomic E-state index is 0.121. The number of aromatic nitrogens is 3. The van der Waals surface area contributed by atoms with Gasteiger partial charge in [-0.3, -0.25) is 9.36 Å². The molecular formula is C12H14N4OS. The Kier molecular flexibility index (Phi) is 2.66. The summed E-state index contributed by atoms with van der Waals surface area (Å²) in [6.07, 6.45) is 3.29. The second kappa shape index (κ2) is 4.20. The molecule has 3 heterocycles. The van der Waals surface area contributed by atoms with E-state index in [1.54, 1.807) is 0 Å². The lowest BCUT2D eigenvalue weighted by Crippen LogP contribution is -2.29. The van der Waals surface area contributed by atoms with E-state index in [-0.39, 0.29) is 11.9 Å². The van der Waals surface area contributed by atoms with Gasteiger partial charge < -0.3 is 10.3 Å². The summed E-state index contributed by atoms with van der Waals surface area (Å²) >= 11 is 5.31. The fraction of sp³-hybridized carbons (Fsp3) is 0.417. The topological polar surface area (TPSA) is 62.7 Å². The summed E-state index contributed by atoms with van der Waals surface area (Å²) in [6, 6.07) is 2.19. The average Bonchev–Trinajstić information content (AvgIpc) is 2.84. The summed E-state index contributed by atoms with van der Waals surface area (Å²) in [4.78, 5) is 18.8. The van der Waals surface area contributed by atoms with Gasteiger partial charge in [-0.05, 0) is 37.2 Å². The van der Waals surface area contributed by atoms with Crippen molar-refractivity contribution in [1.82, 2.24) is 19.9 Å². The molecule has 2 aromatic heterocycles. The summed E-state index contributed by atoms with van der Waals surface area (Å²) in [5, 5.41) is 2.95. The van der Waals surface area contributed by atoms with Crippen LogP contribution < -0.4 is 5.32 Å². The zero-order valence-corrected chi connectivity index (χ0v) is 10.9. The predicted molar refractivity (Wildman–Crippen MR) is 70.8 cm³/mol. The highest BCUT2D eigenvalue weighted by molar-refractivity contribution is 7.71. The van der Waals surface area contributed by atoms with Gasteiger partial charge in [-0.15, -0.1) is 0 Å². The van der Waals surface area contributed by atoms with Gasteiger partial charge in [0, 0.05) is 25.2 Å². The highest BCUT2D eigenvalue weighted by Gasteiger charge is 2.22. The minimum atomic E-state index is 0.121. The van der Waals surface area contributed by atoms with Crippen LogP contribution in [0.3, 0.4) is 0 Å². The number of aryl methyl sites for hydroxylation is 1. The summed E-state index contributed by atoms with van der Waals surface area (Å²) in [7, 11) is 0. The number of pyridine rings is 1. The molecule has 0 aromatic carbocycles. The molecule has 0 spiro atoms. The van der Waals surface area contributed by atoms with Crippen LogP contribution in [0.1, 0.15) is 18.4 Å². The van der Waals surface area contributed by atoms with Crippen molar-refractivity contribution in [2.75, 3.05) is 0 Å². The monoisotopic (exact) mass is 262 g/mol. The van der Waals surface area contributed by atoms with Gasteiger partial charge in [0.25, 0.3) is 0 Å². The van der Waals surface area contributed by atoms with E-state index in [2.05, 4.69) is 15.3 Å². The van der Waals surface area contributed by atoms with Gasteiger partial charge in [0.05, 0.1) is 5.52 Å². The van der Waals surface area contributed by atoms with Crippen molar-refractivity contribution >= 4 is 29.3 Å². The Balaban J connectivity index is 1.98. The van der Waals surface area contributed by atoms with Crippen LogP contribution in [0.25, 0.3) is 11.2 Å². The summed E-state index contributed by atoms with van der Waals surface area (Å²) in [5.74, 6) is 0.121. The molecule has 0 aliphatic carbocycles. The largest absolute Gasteiger partial charge is 0.352 e. The number of amides is 1. The van der Waals surface area contributed by atoms with E-state index >= 15 is 0 Å². The van der Waals surface area contributed by atoms with Crippen LogP contribution in [0.4, 0.5) is 0 Å². The van der Waals surface area contributed by atoms with E-state index in [0.29, 0.717) is 17.7 Å². The number of hydrogen-bond acceptors (Lipinski definition) is 3. The quantitative estimate of drug-likeness (QED) is 0.809. The van der Waals surface area contributed by atoms with E-state index in [4.69, 9.17) is 12.2 Å². The Morgan fingerprint density at radius 2 is 2.44 bits per heavy atom. The molecule has 3 rings (SSSR count). The maximum Gasteiger partial charge on any atom is 0.220 e. The van der Waals surface area contributed by atoms with E-state index in [9.17, 15) is 4.79 Å². The van der Waals surface area contributed by atoms with Gasteiger partial charge in [0.2, 0.25) is 5.91 Å². The van der Waals surface area contributed by atoms with E-state index in [1.165, 1.54) is 0 Å². The van der Waals surface area contributed by atoms with Crippen LogP contribution in [-0.4, -0.2) is 26.5 Å². The number of rotatable bonds is 2. The lowest BCUT2D eigenvalue weighted by Gasteiger charge is -2.11. The zero-order valence-electron chi connectivity index (χ0n) is 10.1. The Hall–Kier alpha value is -1.69. The summed E-state index contributed by atoms with van der Waals surface area (Å²) in [5.41, 5.74) is 2.90. The molecule has 0 saturated carbocycles. The molecule has 18 heavy (non-hydrogen) atoms. The molecule has 1 saturated heterocycles. The second-order valence-corrected chi connectivity index (χ2v) is 5.11. The smallest absolute Gasteiger partial charge is 0.220 e.